The highest BCUT2D eigenvalue weighted by Gasteiger charge is 2.31. The summed E-state index contributed by atoms with van der Waals surface area (Å²) in [5, 5.41) is 12.5. The lowest BCUT2D eigenvalue weighted by molar-refractivity contribution is -0.125. The number of fused-ring (bicyclic) bond motifs is 1. The van der Waals surface area contributed by atoms with Crippen molar-refractivity contribution in [3.8, 4) is 0 Å². The highest BCUT2D eigenvalue weighted by Crippen LogP contribution is 2.23. The van der Waals surface area contributed by atoms with E-state index in [1.54, 1.807) is 0 Å². The van der Waals surface area contributed by atoms with Crippen molar-refractivity contribution < 1.29 is 14.0 Å². The van der Waals surface area contributed by atoms with Crippen molar-refractivity contribution in [1.82, 2.24) is 14.8 Å². The summed E-state index contributed by atoms with van der Waals surface area (Å²) in [5.74, 6) is -0.834. The number of anilines is 2. The number of halogens is 1. The van der Waals surface area contributed by atoms with Crippen molar-refractivity contribution in [3.05, 3.63) is 36.4 Å². The number of hydrogen-bond donors (Lipinski definition) is 2. The molecule has 102 valence electrons. The van der Waals surface area contributed by atoms with Crippen LogP contribution in [-0.4, -0.2) is 26.6 Å². The van der Waals surface area contributed by atoms with Gasteiger partial charge in [-0.05, 0) is 24.3 Å². The Bertz CT molecular complexity index is 667. The van der Waals surface area contributed by atoms with Gasteiger partial charge in [-0.25, -0.2) is 4.39 Å². The van der Waals surface area contributed by atoms with Crippen molar-refractivity contribution in [3.63, 3.8) is 0 Å². The molecule has 2 amide bonds. The fourth-order valence-electron chi connectivity index (χ4n) is 1.99. The lowest BCUT2D eigenvalue weighted by Crippen LogP contribution is -2.35. The molecule has 7 nitrogen and oxygen atoms in total. The van der Waals surface area contributed by atoms with E-state index in [1.165, 1.54) is 35.2 Å². The molecule has 20 heavy (non-hydrogen) atoms. The molecule has 1 aromatic heterocycles. The van der Waals surface area contributed by atoms with Gasteiger partial charge in [0.05, 0.1) is 6.42 Å². The predicted molar refractivity (Wildman–Crippen MR) is 67.3 cm³/mol. The Morgan fingerprint density at radius 2 is 2.15 bits per heavy atom. The topological polar surface area (TPSA) is 88.9 Å². The van der Waals surface area contributed by atoms with Crippen LogP contribution < -0.4 is 10.6 Å². The molecule has 0 aliphatic carbocycles. The van der Waals surface area contributed by atoms with Crippen LogP contribution in [0.25, 0.3) is 0 Å². The molecule has 2 N–H and O–H groups in total. The number of aromatic nitrogens is 3. The first-order valence-electron chi connectivity index (χ1n) is 5.89. The Balaban J connectivity index is 1.81. The molecule has 8 heteroatoms. The molecular formula is C12H10FN5O2. The highest BCUT2D eigenvalue weighted by atomic mass is 19.1. The maximum atomic E-state index is 12.8. The van der Waals surface area contributed by atoms with E-state index in [1.807, 2.05) is 0 Å². The quantitative estimate of drug-likeness (QED) is 0.853. The summed E-state index contributed by atoms with van der Waals surface area (Å²) in [6, 6.07) is 4.66. The number of nitrogens with zero attached hydrogens (tertiary/aromatic N) is 3. The molecular weight excluding hydrogens is 265 g/mol. The third-order valence-corrected chi connectivity index (χ3v) is 2.95. The number of benzene rings is 1. The second-order valence-electron chi connectivity index (χ2n) is 4.33. The number of amides is 2. The van der Waals surface area contributed by atoms with Crippen molar-refractivity contribution in [2.24, 2.45) is 0 Å². The fraction of sp³-hybridized carbons (Fsp3) is 0.167. The minimum absolute atomic E-state index is 0.00192. The Morgan fingerprint density at radius 3 is 2.90 bits per heavy atom. The third kappa shape index (κ3) is 2.22. The van der Waals surface area contributed by atoms with Crippen LogP contribution in [0.15, 0.2) is 30.6 Å². The first-order chi connectivity index (χ1) is 9.63. The first-order valence-corrected chi connectivity index (χ1v) is 5.89. The highest BCUT2D eigenvalue weighted by molar-refractivity contribution is 6.00. The second kappa shape index (κ2) is 4.72. The monoisotopic (exact) mass is 275 g/mol. The number of hydrogen-bond acceptors (Lipinski definition) is 4. The summed E-state index contributed by atoms with van der Waals surface area (Å²) >= 11 is 0. The van der Waals surface area contributed by atoms with E-state index in [9.17, 15) is 14.0 Å². The zero-order valence-corrected chi connectivity index (χ0v) is 10.2. The van der Waals surface area contributed by atoms with Crippen LogP contribution >= 0.6 is 0 Å². The summed E-state index contributed by atoms with van der Waals surface area (Å²) in [7, 11) is 0. The van der Waals surface area contributed by atoms with E-state index in [4.69, 9.17) is 0 Å². The van der Waals surface area contributed by atoms with Crippen molar-refractivity contribution in [2.45, 2.75) is 12.5 Å². The van der Waals surface area contributed by atoms with Crippen molar-refractivity contribution in [2.75, 3.05) is 10.6 Å². The molecule has 1 aromatic carbocycles. The van der Waals surface area contributed by atoms with E-state index < -0.39 is 6.04 Å². The SMILES string of the molecule is O=C1C[C@H](C(=O)Nc2ccc(F)cc2)n2cnnc2N1. The van der Waals surface area contributed by atoms with Crippen LogP contribution in [0, 0.1) is 5.82 Å². The van der Waals surface area contributed by atoms with Crippen LogP contribution in [-0.2, 0) is 9.59 Å². The zero-order valence-electron chi connectivity index (χ0n) is 10.2. The molecule has 0 unspecified atom stereocenters. The second-order valence-corrected chi connectivity index (χ2v) is 4.33. The Hall–Kier alpha value is -2.77. The summed E-state index contributed by atoms with van der Waals surface area (Å²) in [6.07, 6.45) is 1.38. The molecule has 2 heterocycles. The van der Waals surface area contributed by atoms with Crippen molar-refractivity contribution >= 4 is 23.5 Å². The normalized spacial score (nSPS) is 17.2. The molecule has 0 radical (unpaired) electrons. The maximum absolute atomic E-state index is 12.8. The Kier molecular flexibility index (Phi) is 2.90. The van der Waals surface area contributed by atoms with E-state index in [-0.39, 0.29) is 30.0 Å². The van der Waals surface area contributed by atoms with Gasteiger partial charge < -0.3 is 5.32 Å². The summed E-state index contributed by atoms with van der Waals surface area (Å²) < 4.78 is 14.3. The van der Waals surface area contributed by atoms with Gasteiger partial charge in [0.25, 0.3) is 0 Å². The molecule has 1 aliphatic heterocycles. The van der Waals surface area contributed by atoms with Gasteiger partial charge in [-0.3, -0.25) is 19.5 Å². The van der Waals surface area contributed by atoms with Gasteiger partial charge in [-0.2, -0.15) is 0 Å². The van der Waals surface area contributed by atoms with Gasteiger partial charge >= 0.3 is 0 Å². The molecule has 3 rings (SSSR count). The van der Waals surface area contributed by atoms with E-state index >= 15 is 0 Å². The number of nitrogens with one attached hydrogen (secondary N) is 2. The van der Waals surface area contributed by atoms with Crippen LogP contribution in [0.4, 0.5) is 16.0 Å². The molecule has 2 aromatic rings. The molecule has 0 fully saturated rings. The van der Waals surface area contributed by atoms with Gasteiger partial charge in [-0.1, -0.05) is 0 Å². The van der Waals surface area contributed by atoms with E-state index in [0.29, 0.717) is 5.69 Å². The van der Waals surface area contributed by atoms with Crippen LogP contribution in [0.1, 0.15) is 12.5 Å². The number of rotatable bonds is 2. The molecule has 1 atom stereocenters. The van der Waals surface area contributed by atoms with Gasteiger partial charge in [-0.15, -0.1) is 10.2 Å². The minimum Gasteiger partial charge on any atom is -0.324 e. The maximum Gasteiger partial charge on any atom is 0.248 e. The summed E-state index contributed by atoms with van der Waals surface area (Å²) in [4.78, 5) is 23.7. The lowest BCUT2D eigenvalue weighted by atomic mass is 10.1. The standard InChI is InChI=1S/C12H10FN5O2/c13-7-1-3-8(4-2-7)15-11(20)9-5-10(19)16-12-17-14-6-18(9)12/h1-4,6,9H,5H2,(H,15,20)(H,16,17,19)/t9-/m1/s1. The smallest absolute Gasteiger partial charge is 0.248 e. The molecule has 0 bridgehead atoms. The largest absolute Gasteiger partial charge is 0.324 e. The third-order valence-electron chi connectivity index (χ3n) is 2.95. The van der Waals surface area contributed by atoms with Gasteiger partial charge in [0.2, 0.25) is 17.8 Å². The molecule has 0 spiro atoms. The average molecular weight is 275 g/mol. The van der Waals surface area contributed by atoms with Crippen LogP contribution in [0.2, 0.25) is 0 Å². The van der Waals surface area contributed by atoms with Gasteiger partial charge in [0.1, 0.15) is 18.2 Å². The van der Waals surface area contributed by atoms with E-state index in [0.717, 1.165) is 0 Å². The minimum atomic E-state index is -0.723. The lowest BCUT2D eigenvalue weighted by Gasteiger charge is -2.23. The Morgan fingerprint density at radius 1 is 1.40 bits per heavy atom. The Labute approximate surface area is 112 Å². The average Bonchev–Trinajstić information content (AvgIpc) is 2.88. The summed E-state index contributed by atoms with van der Waals surface area (Å²) in [5.41, 5.74) is 0.456. The predicted octanol–water partition coefficient (Wildman–Crippen LogP) is 0.939. The van der Waals surface area contributed by atoms with Gasteiger partial charge in [0, 0.05) is 5.69 Å². The van der Waals surface area contributed by atoms with Crippen molar-refractivity contribution in [1.29, 1.82) is 0 Å². The molecule has 0 saturated heterocycles. The summed E-state index contributed by atoms with van der Waals surface area (Å²) in [6.45, 7) is 0. The number of carbonyl (C=O) groups excluding carboxylic acids is 2. The number of carbonyl (C=O) groups is 2. The fourth-order valence-corrected chi connectivity index (χ4v) is 1.99. The van der Waals surface area contributed by atoms with Crippen LogP contribution in [0.5, 0.6) is 0 Å². The molecule has 1 aliphatic rings. The van der Waals surface area contributed by atoms with Gasteiger partial charge in [0.15, 0.2) is 0 Å². The van der Waals surface area contributed by atoms with Crippen LogP contribution in [0.3, 0.4) is 0 Å². The van der Waals surface area contributed by atoms with E-state index in [2.05, 4.69) is 20.8 Å². The first kappa shape index (κ1) is 12.3. The zero-order chi connectivity index (χ0) is 14.1. The molecule has 0 saturated carbocycles.